The summed E-state index contributed by atoms with van der Waals surface area (Å²) in [6, 6.07) is 5.47. The number of nitrogen functional groups attached to an aromatic ring is 1. The number of nitrogens with zero attached hydrogens (tertiary/aromatic N) is 2. The van der Waals surface area contributed by atoms with E-state index in [4.69, 9.17) is 10.5 Å². The molecule has 0 aliphatic rings. The van der Waals surface area contributed by atoms with Crippen LogP contribution in [0.15, 0.2) is 18.2 Å². The number of carbonyl (C=O) groups is 1. The smallest absolute Gasteiger partial charge is 0.240 e. The normalized spacial score (nSPS) is 11.6. The minimum absolute atomic E-state index is 0.0979. The highest BCUT2D eigenvalue weighted by Crippen LogP contribution is 2.22. The number of benzene rings is 1. The molecule has 1 amide bonds. The number of aromatic nitrogens is 2. The van der Waals surface area contributed by atoms with E-state index in [-0.39, 0.29) is 18.0 Å². The molecule has 1 aromatic heterocycles. The number of anilines is 1. The summed E-state index contributed by atoms with van der Waals surface area (Å²) in [7, 11) is 1.60. The van der Waals surface area contributed by atoms with Crippen molar-refractivity contribution in [3.05, 3.63) is 18.2 Å². The van der Waals surface area contributed by atoms with Crippen LogP contribution < -0.4 is 15.8 Å². The summed E-state index contributed by atoms with van der Waals surface area (Å²) < 4.78 is 6.84. The molecule has 2 aromatic rings. The monoisotopic (exact) mass is 276 g/mol. The van der Waals surface area contributed by atoms with E-state index in [0.29, 0.717) is 17.2 Å². The number of imidazole rings is 1. The molecule has 0 unspecified atom stereocenters. The van der Waals surface area contributed by atoms with E-state index in [0.717, 1.165) is 5.52 Å². The first-order chi connectivity index (χ1) is 9.30. The second-order valence-corrected chi connectivity index (χ2v) is 5.71. The van der Waals surface area contributed by atoms with Crippen LogP contribution in [0.25, 0.3) is 11.0 Å². The molecule has 0 saturated carbocycles. The first-order valence-electron chi connectivity index (χ1n) is 6.41. The average Bonchev–Trinajstić information content (AvgIpc) is 2.62. The van der Waals surface area contributed by atoms with Gasteiger partial charge in [-0.05, 0) is 32.9 Å². The number of fused-ring (bicyclic) bond motifs is 1. The highest BCUT2D eigenvalue weighted by atomic mass is 16.5. The Morgan fingerprint density at radius 1 is 1.45 bits per heavy atom. The lowest BCUT2D eigenvalue weighted by atomic mass is 10.1. The molecule has 0 atom stereocenters. The molecule has 20 heavy (non-hydrogen) atoms. The fraction of sp³-hybridized carbons (Fsp3) is 0.429. The fourth-order valence-corrected chi connectivity index (χ4v) is 2.02. The molecular formula is C14H20N4O2. The summed E-state index contributed by atoms with van der Waals surface area (Å²) in [5.41, 5.74) is 7.14. The summed E-state index contributed by atoms with van der Waals surface area (Å²) in [4.78, 5) is 16.3. The predicted molar refractivity (Wildman–Crippen MR) is 78.6 cm³/mol. The number of nitrogens with two attached hydrogens (primary N) is 1. The fourth-order valence-electron chi connectivity index (χ4n) is 2.02. The first kappa shape index (κ1) is 14.2. The van der Waals surface area contributed by atoms with Crippen molar-refractivity contribution in [2.45, 2.75) is 32.9 Å². The molecule has 0 spiro atoms. The largest absolute Gasteiger partial charge is 0.497 e. The molecule has 108 valence electrons. The van der Waals surface area contributed by atoms with Gasteiger partial charge in [-0.1, -0.05) is 0 Å². The van der Waals surface area contributed by atoms with Crippen molar-refractivity contribution in [2.75, 3.05) is 12.8 Å². The molecule has 0 fully saturated rings. The van der Waals surface area contributed by atoms with E-state index >= 15 is 0 Å². The molecular weight excluding hydrogens is 256 g/mol. The second kappa shape index (κ2) is 5.03. The van der Waals surface area contributed by atoms with Gasteiger partial charge in [0, 0.05) is 11.6 Å². The third kappa shape index (κ3) is 3.01. The zero-order valence-corrected chi connectivity index (χ0v) is 12.2. The maximum Gasteiger partial charge on any atom is 0.240 e. The van der Waals surface area contributed by atoms with Crippen LogP contribution in [0.3, 0.4) is 0 Å². The number of hydrogen-bond acceptors (Lipinski definition) is 4. The van der Waals surface area contributed by atoms with Gasteiger partial charge in [0.05, 0.1) is 18.1 Å². The molecule has 3 N–H and O–H groups in total. The minimum Gasteiger partial charge on any atom is -0.497 e. The van der Waals surface area contributed by atoms with Crippen LogP contribution in [-0.4, -0.2) is 28.1 Å². The number of methoxy groups -OCH3 is 1. The quantitative estimate of drug-likeness (QED) is 0.891. The van der Waals surface area contributed by atoms with Crippen molar-refractivity contribution in [1.29, 1.82) is 0 Å². The van der Waals surface area contributed by atoms with Gasteiger partial charge in [0.15, 0.2) is 0 Å². The van der Waals surface area contributed by atoms with E-state index < -0.39 is 0 Å². The first-order valence-corrected chi connectivity index (χ1v) is 6.41. The lowest BCUT2D eigenvalue weighted by molar-refractivity contribution is -0.122. The molecule has 6 nitrogen and oxygen atoms in total. The van der Waals surface area contributed by atoms with Crippen molar-refractivity contribution in [1.82, 2.24) is 14.9 Å². The number of rotatable bonds is 3. The van der Waals surface area contributed by atoms with Crippen LogP contribution >= 0.6 is 0 Å². The lowest BCUT2D eigenvalue weighted by Gasteiger charge is -2.20. The zero-order chi connectivity index (χ0) is 14.9. The average molecular weight is 276 g/mol. The lowest BCUT2D eigenvalue weighted by Crippen LogP contribution is -2.42. The summed E-state index contributed by atoms with van der Waals surface area (Å²) in [5, 5.41) is 2.90. The molecule has 0 radical (unpaired) electrons. The Bertz CT molecular complexity index is 640. The number of carbonyl (C=O) groups excluding carboxylic acids is 1. The summed E-state index contributed by atoms with van der Waals surface area (Å²) in [6.45, 7) is 5.95. The van der Waals surface area contributed by atoms with Crippen LogP contribution in [0.5, 0.6) is 5.75 Å². The third-order valence-corrected chi connectivity index (χ3v) is 2.80. The van der Waals surface area contributed by atoms with Crippen LogP contribution in [0.1, 0.15) is 20.8 Å². The summed E-state index contributed by atoms with van der Waals surface area (Å²) >= 11 is 0. The molecule has 0 aliphatic carbocycles. The van der Waals surface area contributed by atoms with Crippen LogP contribution in [-0.2, 0) is 11.3 Å². The van der Waals surface area contributed by atoms with E-state index in [9.17, 15) is 4.79 Å². The van der Waals surface area contributed by atoms with Crippen LogP contribution in [0.4, 0.5) is 5.95 Å². The van der Waals surface area contributed by atoms with Gasteiger partial charge in [-0.3, -0.25) is 4.79 Å². The maximum atomic E-state index is 12.0. The molecule has 0 saturated heterocycles. The van der Waals surface area contributed by atoms with E-state index in [2.05, 4.69) is 10.3 Å². The Morgan fingerprint density at radius 3 is 2.75 bits per heavy atom. The number of amides is 1. The second-order valence-electron chi connectivity index (χ2n) is 5.71. The van der Waals surface area contributed by atoms with Crippen LogP contribution in [0.2, 0.25) is 0 Å². The van der Waals surface area contributed by atoms with Crippen molar-refractivity contribution in [2.24, 2.45) is 0 Å². The number of hydrogen-bond donors (Lipinski definition) is 2. The van der Waals surface area contributed by atoms with Crippen LogP contribution in [0, 0.1) is 0 Å². The van der Waals surface area contributed by atoms with Crippen molar-refractivity contribution >= 4 is 22.9 Å². The third-order valence-electron chi connectivity index (χ3n) is 2.80. The van der Waals surface area contributed by atoms with Gasteiger partial charge in [0.25, 0.3) is 0 Å². The minimum atomic E-state index is -0.272. The van der Waals surface area contributed by atoms with E-state index in [1.165, 1.54) is 0 Å². The van der Waals surface area contributed by atoms with E-state index in [1.807, 2.05) is 32.9 Å². The number of nitrogens with one attached hydrogen (secondary N) is 1. The van der Waals surface area contributed by atoms with E-state index in [1.54, 1.807) is 17.7 Å². The van der Waals surface area contributed by atoms with Gasteiger partial charge >= 0.3 is 0 Å². The van der Waals surface area contributed by atoms with Gasteiger partial charge in [-0.15, -0.1) is 0 Å². The summed E-state index contributed by atoms with van der Waals surface area (Å²) in [6.07, 6.45) is 0. The Morgan fingerprint density at radius 2 is 2.15 bits per heavy atom. The topological polar surface area (TPSA) is 82.2 Å². The molecule has 0 bridgehead atoms. The Kier molecular flexibility index (Phi) is 3.57. The summed E-state index contributed by atoms with van der Waals surface area (Å²) in [5.74, 6) is 0.929. The zero-order valence-electron chi connectivity index (χ0n) is 12.2. The van der Waals surface area contributed by atoms with Gasteiger partial charge in [-0.25, -0.2) is 4.98 Å². The molecule has 2 rings (SSSR count). The van der Waals surface area contributed by atoms with Crippen molar-refractivity contribution < 1.29 is 9.53 Å². The van der Waals surface area contributed by atoms with Gasteiger partial charge < -0.3 is 20.4 Å². The van der Waals surface area contributed by atoms with Crippen molar-refractivity contribution in [3.63, 3.8) is 0 Å². The highest BCUT2D eigenvalue weighted by Gasteiger charge is 2.17. The molecule has 0 aliphatic heterocycles. The highest BCUT2D eigenvalue weighted by molar-refractivity contribution is 5.84. The van der Waals surface area contributed by atoms with Crippen molar-refractivity contribution in [3.8, 4) is 5.75 Å². The number of ether oxygens (including phenoxy) is 1. The SMILES string of the molecule is COc1ccc2c(c1)nc(N)n2CC(=O)NC(C)(C)C. The Balaban J connectivity index is 2.30. The molecule has 6 heteroatoms. The van der Waals surface area contributed by atoms with Gasteiger partial charge in [0.1, 0.15) is 12.3 Å². The Labute approximate surface area is 117 Å². The van der Waals surface area contributed by atoms with Gasteiger partial charge in [0.2, 0.25) is 11.9 Å². The standard InChI is InChI=1S/C14H20N4O2/c1-14(2,3)17-12(19)8-18-11-6-5-9(20-4)7-10(11)16-13(18)15/h5-7H,8H2,1-4H3,(H2,15,16)(H,17,19). The molecule has 1 aromatic carbocycles. The van der Waals surface area contributed by atoms with Gasteiger partial charge in [-0.2, -0.15) is 0 Å². The maximum absolute atomic E-state index is 12.0. The molecule has 1 heterocycles. The predicted octanol–water partition coefficient (Wildman–Crippen LogP) is 1.54. The Hall–Kier alpha value is -2.24.